The summed E-state index contributed by atoms with van der Waals surface area (Å²) in [5, 5.41) is 8.02. The molecule has 0 aliphatic carbocycles. The zero-order valence-corrected chi connectivity index (χ0v) is 39.3. The second-order valence-electron chi connectivity index (χ2n) is 17.8. The van der Waals surface area contributed by atoms with E-state index < -0.39 is 23.7 Å². The Morgan fingerprint density at radius 2 is 1.16 bits per heavy atom. The molecule has 354 valence electrons. The quantitative estimate of drug-likeness (QED) is 0.0810. The van der Waals surface area contributed by atoms with Crippen LogP contribution in [0.1, 0.15) is 68.4 Å². The smallest absolute Gasteiger partial charge is 0.408 e. The van der Waals surface area contributed by atoms with Crippen molar-refractivity contribution in [3.8, 4) is 0 Å². The number of esters is 2. The summed E-state index contributed by atoms with van der Waals surface area (Å²) in [5.74, 6) is 0.899. The number of fused-ring (bicyclic) bond motifs is 2. The zero-order chi connectivity index (χ0) is 47.3. The second-order valence-corrected chi connectivity index (χ2v) is 17.8. The zero-order valence-electron chi connectivity index (χ0n) is 39.3. The van der Waals surface area contributed by atoms with Crippen molar-refractivity contribution < 1.29 is 42.2 Å². The molecule has 8 rings (SSSR count). The lowest BCUT2D eigenvalue weighted by Crippen LogP contribution is -2.60. The first-order valence-electron chi connectivity index (χ1n) is 23.2. The predicted molar refractivity (Wildman–Crippen MR) is 256 cm³/mol. The van der Waals surface area contributed by atoms with E-state index in [0.29, 0.717) is 39.3 Å². The van der Waals surface area contributed by atoms with Crippen molar-refractivity contribution in [3.05, 3.63) is 143 Å². The largest absolute Gasteiger partial charge is 0.461 e. The van der Waals surface area contributed by atoms with Crippen molar-refractivity contribution in [1.82, 2.24) is 25.3 Å². The van der Waals surface area contributed by atoms with Crippen LogP contribution in [0.2, 0.25) is 0 Å². The maximum atomic E-state index is 13.3. The fourth-order valence-electron chi connectivity index (χ4n) is 8.48. The molecule has 0 spiro atoms. The third-order valence-electron chi connectivity index (χ3n) is 11.8. The lowest BCUT2D eigenvalue weighted by Gasteiger charge is -2.40. The summed E-state index contributed by atoms with van der Waals surface area (Å²) in [6, 6.07) is 34.2. The number of hydrogen-bond acceptors (Lipinski definition) is 12. The number of benzene rings is 4. The summed E-state index contributed by atoms with van der Waals surface area (Å²) in [6.45, 7) is 14.4. The molecule has 0 radical (unpaired) electrons. The van der Waals surface area contributed by atoms with Gasteiger partial charge in [-0.1, -0.05) is 111 Å². The Morgan fingerprint density at radius 3 is 1.70 bits per heavy atom. The van der Waals surface area contributed by atoms with Gasteiger partial charge in [-0.3, -0.25) is 19.4 Å². The van der Waals surface area contributed by atoms with Crippen LogP contribution in [0.25, 0.3) is 21.9 Å². The highest BCUT2D eigenvalue weighted by Gasteiger charge is 2.37. The average molecular weight is 914 g/mol. The third-order valence-corrected chi connectivity index (χ3v) is 11.8. The van der Waals surface area contributed by atoms with Crippen LogP contribution in [-0.4, -0.2) is 102 Å². The number of nitrogens with zero attached hydrogens (tertiary/aromatic N) is 3. The topological polar surface area (TPSA) is 156 Å². The van der Waals surface area contributed by atoms with E-state index in [1.807, 2.05) is 103 Å². The fraction of sp³-hybridized carbons (Fsp3) is 0.396. The van der Waals surface area contributed by atoms with Crippen LogP contribution in [0, 0.1) is 0 Å². The maximum Gasteiger partial charge on any atom is 0.408 e. The number of hydrogen-bond donors (Lipinski definition) is 2. The first-order valence-corrected chi connectivity index (χ1v) is 23.2. The summed E-state index contributed by atoms with van der Waals surface area (Å²) in [5.41, 5.74) is 5.28. The molecule has 2 aromatic heterocycles. The van der Waals surface area contributed by atoms with E-state index in [1.165, 1.54) is 15.8 Å². The number of amides is 2. The van der Waals surface area contributed by atoms with Gasteiger partial charge in [-0.25, -0.2) is 9.59 Å². The van der Waals surface area contributed by atoms with Crippen molar-refractivity contribution in [3.63, 3.8) is 0 Å². The molecule has 2 saturated heterocycles. The first kappa shape index (κ1) is 48.5. The van der Waals surface area contributed by atoms with Crippen molar-refractivity contribution in [2.75, 3.05) is 45.8 Å². The number of para-hydroxylation sites is 2. The van der Waals surface area contributed by atoms with Gasteiger partial charge in [0.2, 0.25) is 5.91 Å². The minimum Gasteiger partial charge on any atom is -0.461 e. The molecule has 4 heterocycles. The summed E-state index contributed by atoms with van der Waals surface area (Å²) in [6.07, 6.45) is 0.927. The molecule has 2 aliphatic heterocycles. The molecule has 6 aromatic rings. The van der Waals surface area contributed by atoms with Gasteiger partial charge in [-0.05, 0) is 44.0 Å². The number of rotatable bonds is 14. The molecule has 2 aliphatic rings. The van der Waals surface area contributed by atoms with Gasteiger partial charge in [0.05, 0.1) is 0 Å². The fourth-order valence-corrected chi connectivity index (χ4v) is 8.48. The van der Waals surface area contributed by atoms with Crippen molar-refractivity contribution in [2.45, 2.75) is 91.4 Å². The standard InChI is InChI=1S/C30H37N3O6.C23H26N2O3/c1-5-25-23(22-13-9-10-14-26(22)38-25)18-32-15-16-33(27(34)17-31-29(36)39-30(2,3)4)24(19-32)28(35)37-20-21-11-7-6-8-12-21;1-2-21-19(18-10-6-7-11-22(18)28-21)14-25-13-12-24-20(15-25)23(26)27-16-17-8-4-3-5-9-17/h6-14,24H,5,15-20H2,1-4H3,(H,31,36);3-11,20,24H,2,12-16H2,1H3. The van der Waals surface area contributed by atoms with E-state index in [0.717, 1.165) is 77.2 Å². The first-order chi connectivity index (χ1) is 32.4. The Kier molecular flexibility index (Phi) is 16.5. The number of piperazine rings is 2. The number of alkyl carbamates (subject to hydrolysis) is 1. The van der Waals surface area contributed by atoms with Crippen LogP contribution >= 0.6 is 0 Å². The van der Waals surface area contributed by atoms with E-state index >= 15 is 0 Å². The van der Waals surface area contributed by atoms with E-state index in [2.05, 4.69) is 40.3 Å². The molecular weight excluding hydrogens is 851 g/mol. The third kappa shape index (κ3) is 13.1. The molecule has 2 N–H and O–H groups in total. The molecule has 4 aromatic carbocycles. The van der Waals surface area contributed by atoms with Crippen LogP contribution in [0.5, 0.6) is 0 Å². The summed E-state index contributed by atoms with van der Waals surface area (Å²) >= 11 is 0. The van der Waals surface area contributed by atoms with Crippen LogP contribution < -0.4 is 10.6 Å². The average Bonchev–Trinajstić information content (AvgIpc) is 3.89. The van der Waals surface area contributed by atoms with Gasteiger partial charge < -0.3 is 38.6 Å². The highest BCUT2D eigenvalue weighted by molar-refractivity contribution is 5.88. The van der Waals surface area contributed by atoms with Gasteiger partial charge in [-0.2, -0.15) is 0 Å². The van der Waals surface area contributed by atoms with Crippen molar-refractivity contribution in [1.29, 1.82) is 0 Å². The molecule has 67 heavy (non-hydrogen) atoms. The number of aryl methyl sites for hydroxylation is 2. The molecule has 0 saturated carbocycles. The normalized spacial score (nSPS) is 16.8. The highest BCUT2D eigenvalue weighted by atomic mass is 16.6. The summed E-state index contributed by atoms with van der Waals surface area (Å²) < 4.78 is 28.5. The number of carbonyl (C=O) groups is 4. The molecule has 2 amide bonds. The Labute approximate surface area is 392 Å². The minimum absolute atomic E-state index is 0.112. The van der Waals surface area contributed by atoms with Gasteiger partial charge in [0.1, 0.15) is 60.1 Å². The van der Waals surface area contributed by atoms with Gasteiger partial charge in [0.25, 0.3) is 0 Å². The maximum absolute atomic E-state index is 13.3. The van der Waals surface area contributed by atoms with Crippen LogP contribution in [0.15, 0.2) is 118 Å². The van der Waals surface area contributed by atoms with Gasteiger partial charge in [0, 0.05) is 87.1 Å². The number of carbonyl (C=O) groups excluding carboxylic acids is 4. The van der Waals surface area contributed by atoms with E-state index in [1.54, 1.807) is 20.8 Å². The molecule has 14 heteroatoms. The van der Waals surface area contributed by atoms with E-state index in [4.69, 9.17) is 23.0 Å². The molecule has 2 fully saturated rings. The number of nitrogens with one attached hydrogen (secondary N) is 2. The Balaban J connectivity index is 0.000000209. The lowest BCUT2D eigenvalue weighted by atomic mass is 10.1. The van der Waals surface area contributed by atoms with Crippen molar-refractivity contribution in [2.24, 2.45) is 0 Å². The van der Waals surface area contributed by atoms with E-state index in [-0.39, 0.29) is 31.1 Å². The lowest BCUT2D eigenvalue weighted by molar-refractivity contribution is -0.159. The van der Waals surface area contributed by atoms with Crippen LogP contribution in [-0.2, 0) is 67.7 Å². The number of furan rings is 2. The summed E-state index contributed by atoms with van der Waals surface area (Å²) in [7, 11) is 0. The van der Waals surface area contributed by atoms with Crippen LogP contribution in [0.4, 0.5) is 4.79 Å². The predicted octanol–water partition coefficient (Wildman–Crippen LogP) is 7.79. The minimum atomic E-state index is -0.821. The molecule has 14 nitrogen and oxygen atoms in total. The molecule has 0 bridgehead atoms. The Bertz CT molecular complexity index is 2590. The van der Waals surface area contributed by atoms with Gasteiger partial charge >= 0.3 is 18.0 Å². The molecule has 2 unspecified atom stereocenters. The van der Waals surface area contributed by atoms with Crippen molar-refractivity contribution >= 4 is 45.9 Å². The van der Waals surface area contributed by atoms with E-state index in [9.17, 15) is 19.2 Å². The SMILES string of the molecule is CCc1oc2ccccc2c1CN1CCN(C(=O)CNC(=O)OC(C)(C)C)C(C(=O)OCc2ccccc2)C1.CCc1oc2ccccc2c1CN1CCNC(C(=O)OCc2ccccc2)C1. The van der Waals surface area contributed by atoms with Gasteiger partial charge in [-0.15, -0.1) is 0 Å². The monoisotopic (exact) mass is 913 g/mol. The van der Waals surface area contributed by atoms with Gasteiger partial charge in [0.15, 0.2) is 0 Å². The Morgan fingerprint density at radius 1 is 0.657 bits per heavy atom. The summed E-state index contributed by atoms with van der Waals surface area (Å²) in [4.78, 5) is 57.1. The Hall–Kier alpha value is -6.48. The van der Waals surface area contributed by atoms with Crippen LogP contribution in [0.3, 0.4) is 0 Å². The molecular formula is C53H63N5O9. The second kappa shape index (κ2) is 22.8. The number of ether oxygens (including phenoxy) is 3. The highest BCUT2D eigenvalue weighted by Crippen LogP contribution is 2.30. The molecule has 2 atom stereocenters.